The minimum atomic E-state index is -1.12. The topological polar surface area (TPSA) is 72.6 Å². The number of carboxylic acids is 1. The Labute approximate surface area is 97.7 Å². The van der Waals surface area contributed by atoms with Crippen LogP contribution in [0.5, 0.6) is 0 Å². The molecule has 0 amide bonds. The average molecular weight is 233 g/mol. The van der Waals surface area contributed by atoms with Gasteiger partial charge in [-0.3, -0.25) is 0 Å². The molecule has 1 aromatic heterocycles. The van der Waals surface area contributed by atoms with Gasteiger partial charge in [-0.15, -0.1) is 0 Å². The highest BCUT2D eigenvalue weighted by Gasteiger charge is 2.20. The van der Waals surface area contributed by atoms with Crippen molar-refractivity contribution in [2.75, 3.05) is 7.11 Å². The molecule has 2 aromatic rings. The lowest BCUT2D eigenvalue weighted by atomic mass is 10.1. The number of rotatable bonds is 4. The second-order valence-corrected chi connectivity index (χ2v) is 3.40. The number of methoxy groups -OCH3 is 1. The lowest BCUT2D eigenvalue weighted by molar-refractivity contribution is 0.0690. The van der Waals surface area contributed by atoms with Crippen molar-refractivity contribution in [3.8, 4) is 0 Å². The number of oxazole rings is 1. The molecule has 0 bridgehead atoms. The quantitative estimate of drug-likeness (QED) is 0.875. The molecule has 17 heavy (non-hydrogen) atoms. The smallest absolute Gasteiger partial charge is 0.357 e. The van der Waals surface area contributed by atoms with Crippen molar-refractivity contribution in [3.05, 3.63) is 53.7 Å². The Bertz CT molecular complexity index is 506. The number of benzene rings is 1. The van der Waals surface area contributed by atoms with E-state index in [0.717, 1.165) is 11.8 Å². The molecule has 0 aliphatic heterocycles. The molecular weight excluding hydrogens is 222 g/mol. The number of nitrogens with zero attached hydrogens (tertiary/aromatic N) is 1. The highest BCUT2D eigenvalue weighted by atomic mass is 16.5. The van der Waals surface area contributed by atoms with Crippen LogP contribution in [-0.4, -0.2) is 23.2 Å². The van der Waals surface area contributed by atoms with Gasteiger partial charge in [0.05, 0.1) is 0 Å². The molecule has 2 rings (SSSR count). The summed E-state index contributed by atoms with van der Waals surface area (Å²) in [6.07, 6.45) is 0.608. The normalized spacial score (nSPS) is 12.3. The number of hydrogen-bond acceptors (Lipinski definition) is 4. The van der Waals surface area contributed by atoms with Gasteiger partial charge in [-0.2, -0.15) is 0 Å². The molecular formula is C12H11NO4. The van der Waals surface area contributed by atoms with E-state index in [4.69, 9.17) is 14.3 Å². The molecule has 5 nitrogen and oxygen atoms in total. The summed E-state index contributed by atoms with van der Waals surface area (Å²) < 4.78 is 10.4. The fourth-order valence-electron chi connectivity index (χ4n) is 1.51. The number of aromatic nitrogens is 1. The molecule has 0 aliphatic carbocycles. The van der Waals surface area contributed by atoms with Gasteiger partial charge in [0.1, 0.15) is 6.26 Å². The summed E-state index contributed by atoms with van der Waals surface area (Å²) >= 11 is 0. The van der Waals surface area contributed by atoms with E-state index in [1.165, 1.54) is 7.11 Å². The third-order valence-electron chi connectivity index (χ3n) is 2.30. The first-order valence-corrected chi connectivity index (χ1v) is 4.99. The first-order valence-electron chi connectivity index (χ1n) is 4.99. The van der Waals surface area contributed by atoms with Crippen LogP contribution in [0.1, 0.15) is 28.0 Å². The summed E-state index contributed by atoms with van der Waals surface area (Å²) in [6, 6.07) is 9.33. The van der Waals surface area contributed by atoms with Crippen molar-refractivity contribution < 1.29 is 19.1 Å². The molecule has 88 valence electrons. The summed E-state index contributed by atoms with van der Waals surface area (Å²) in [5.41, 5.74) is 0.728. The molecule has 1 aromatic carbocycles. The second-order valence-electron chi connectivity index (χ2n) is 3.40. The van der Waals surface area contributed by atoms with Crippen LogP contribution in [0.4, 0.5) is 0 Å². The van der Waals surface area contributed by atoms with Crippen molar-refractivity contribution in [2.24, 2.45) is 0 Å². The molecule has 1 heterocycles. The first-order chi connectivity index (χ1) is 8.22. The molecule has 0 radical (unpaired) electrons. The Morgan fingerprint density at radius 1 is 1.41 bits per heavy atom. The van der Waals surface area contributed by atoms with Crippen LogP contribution in [0, 0.1) is 0 Å². The Balaban J connectivity index is 2.32. The highest BCUT2D eigenvalue weighted by Crippen LogP contribution is 2.24. The lowest BCUT2D eigenvalue weighted by Crippen LogP contribution is -2.05. The van der Waals surface area contributed by atoms with E-state index in [9.17, 15) is 4.79 Å². The second kappa shape index (κ2) is 4.80. The maximum absolute atomic E-state index is 10.7. The van der Waals surface area contributed by atoms with Gasteiger partial charge in [0.15, 0.2) is 11.8 Å². The van der Waals surface area contributed by atoms with E-state index >= 15 is 0 Å². The number of carbonyl (C=O) groups is 1. The SMILES string of the molecule is COC(c1ccccc1)c1nc(C(=O)O)co1. The number of aromatic carboxylic acids is 1. The van der Waals surface area contributed by atoms with Gasteiger partial charge in [0.25, 0.3) is 0 Å². The summed E-state index contributed by atoms with van der Waals surface area (Å²) in [7, 11) is 1.52. The van der Waals surface area contributed by atoms with Gasteiger partial charge in [0, 0.05) is 7.11 Å². The van der Waals surface area contributed by atoms with Crippen molar-refractivity contribution in [3.63, 3.8) is 0 Å². The van der Waals surface area contributed by atoms with Gasteiger partial charge in [-0.1, -0.05) is 30.3 Å². The Kier molecular flexibility index (Phi) is 3.20. The van der Waals surface area contributed by atoms with Crippen LogP contribution in [0.3, 0.4) is 0 Å². The highest BCUT2D eigenvalue weighted by molar-refractivity contribution is 5.84. The van der Waals surface area contributed by atoms with Crippen LogP contribution in [-0.2, 0) is 4.74 Å². The fourth-order valence-corrected chi connectivity index (χ4v) is 1.51. The molecule has 1 N–H and O–H groups in total. The number of hydrogen-bond donors (Lipinski definition) is 1. The maximum Gasteiger partial charge on any atom is 0.357 e. The summed E-state index contributed by atoms with van der Waals surface area (Å²) in [4.78, 5) is 14.6. The molecule has 0 saturated heterocycles. The van der Waals surface area contributed by atoms with Crippen molar-refractivity contribution >= 4 is 5.97 Å². The first kappa shape index (κ1) is 11.3. The van der Waals surface area contributed by atoms with Gasteiger partial charge >= 0.3 is 5.97 Å². The van der Waals surface area contributed by atoms with E-state index in [1.54, 1.807) is 0 Å². The standard InChI is InChI=1S/C12H11NO4/c1-16-10(8-5-3-2-4-6-8)11-13-9(7-17-11)12(14)15/h2-7,10H,1H3,(H,14,15). The molecule has 1 unspecified atom stereocenters. The lowest BCUT2D eigenvalue weighted by Gasteiger charge is -2.11. The predicted octanol–water partition coefficient (Wildman–Crippen LogP) is 2.11. The largest absolute Gasteiger partial charge is 0.476 e. The van der Waals surface area contributed by atoms with Crippen LogP contribution >= 0.6 is 0 Å². The van der Waals surface area contributed by atoms with Crippen molar-refractivity contribution in [1.82, 2.24) is 4.98 Å². The van der Waals surface area contributed by atoms with E-state index in [1.807, 2.05) is 30.3 Å². The van der Waals surface area contributed by atoms with Crippen molar-refractivity contribution in [2.45, 2.75) is 6.10 Å². The molecule has 0 aliphatic rings. The Morgan fingerprint density at radius 3 is 2.65 bits per heavy atom. The van der Waals surface area contributed by atoms with E-state index < -0.39 is 12.1 Å². The zero-order chi connectivity index (χ0) is 12.3. The summed E-state index contributed by atoms with van der Waals surface area (Å²) in [6.45, 7) is 0. The predicted molar refractivity (Wildman–Crippen MR) is 58.8 cm³/mol. The maximum atomic E-state index is 10.7. The van der Waals surface area contributed by atoms with E-state index in [0.29, 0.717) is 0 Å². The van der Waals surface area contributed by atoms with Gasteiger partial charge < -0.3 is 14.3 Å². The van der Waals surface area contributed by atoms with Crippen LogP contribution in [0.15, 0.2) is 41.0 Å². The zero-order valence-corrected chi connectivity index (χ0v) is 9.16. The Morgan fingerprint density at radius 2 is 2.12 bits per heavy atom. The van der Waals surface area contributed by atoms with Crippen LogP contribution in [0.2, 0.25) is 0 Å². The number of ether oxygens (including phenoxy) is 1. The minimum Gasteiger partial charge on any atom is -0.476 e. The molecule has 5 heteroatoms. The van der Waals surface area contributed by atoms with Gasteiger partial charge in [-0.25, -0.2) is 9.78 Å². The van der Waals surface area contributed by atoms with Crippen molar-refractivity contribution in [1.29, 1.82) is 0 Å². The average Bonchev–Trinajstić information content (AvgIpc) is 2.81. The molecule has 1 atom stereocenters. The van der Waals surface area contributed by atoms with Crippen LogP contribution < -0.4 is 0 Å². The summed E-state index contributed by atoms with van der Waals surface area (Å²) in [5.74, 6) is -0.890. The fraction of sp³-hybridized carbons (Fsp3) is 0.167. The van der Waals surface area contributed by atoms with Gasteiger partial charge in [0.2, 0.25) is 5.89 Å². The van der Waals surface area contributed by atoms with E-state index in [-0.39, 0.29) is 11.6 Å². The zero-order valence-electron chi connectivity index (χ0n) is 9.16. The molecule has 0 saturated carbocycles. The monoisotopic (exact) mass is 233 g/mol. The third kappa shape index (κ3) is 2.34. The molecule has 0 spiro atoms. The van der Waals surface area contributed by atoms with E-state index in [2.05, 4.69) is 4.98 Å². The Hall–Kier alpha value is -2.14. The summed E-state index contributed by atoms with van der Waals surface area (Å²) in [5, 5.41) is 8.76. The third-order valence-corrected chi connectivity index (χ3v) is 2.30. The van der Waals surface area contributed by atoms with Crippen LogP contribution in [0.25, 0.3) is 0 Å². The minimum absolute atomic E-state index is 0.127. The molecule has 0 fully saturated rings. The van der Waals surface area contributed by atoms with Gasteiger partial charge in [-0.05, 0) is 5.56 Å². The number of carboxylic acid groups (broad SMARTS) is 1.